The lowest BCUT2D eigenvalue weighted by molar-refractivity contribution is 0.494. The van der Waals surface area contributed by atoms with Crippen molar-refractivity contribution in [3.63, 3.8) is 0 Å². The fourth-order valence-corrected chi connectivity index (χ4v) is 2.99. The molecule has 0 amide bonds. The van der Waals surface area contributed by atoms with E-state index in [1.165, 1.54) is 31.3 Å². The van der Waals surface area contributed by atoms with Gasteiger partial charge in [-0.25, -0.2) is 4.98 Å². The zero-order valence-electron chi connectivity index (χ0n) is 15.3. The van der Waals surface area contributed by atoms with Crippen LogP contribution in [0.5, 0.6) is 0 Å². The number of rotatable bonds is 9. The van der Waals surface area contributed by atoms with Crippen molar-refractivity contribution in [1.82, 2.24) is 4.98 Å². The quantitative estimate of drug-likeness (QED) is 0.445. The Morgan fingerprint density at radius 1 is 1.32 bits per heavy atom. The number of aryl methyl sites for hydroxylation is 1. The molecule has 0 N–H and O–H groups in total. The molecular formula is C20H33NS. The summed E-state index contributed by atoms with van der Waals surface area (Å²) < 4.78 is 0. The van der Waals surface area contributed by atoms with Crippen molar-refractivity contribution in [3.05, 3.63) is 33.3 Å². The van der Waals surface area contributed by atoms with Gasteiger partial charge in [0.15, 0.2) is 0 Å². The fourth-order valence-electron chi connectivity index (χ4n) is 2.42. The van der Waals surface area contributed by atoms with Crippen LogP contribution in [0, 0.1) is 18.8 Å². The second kappa shape index (κ2) is 9.99. The molecule has 1 aromatic heterocycles. The van der Waals surface area contributed by atoms with Crippen LogP contribution in [0.15, 0.2) is 22.6 Å². The van der Waals surface area contributed by atoms with Gasteiger partial charge in [0.05, 0.1) is 10.7 Å². The molecule has 0 aliphatic carbocycles. The summed E-state index contributed by atoms with van der Waals surface area (Å²) in [5.74, 6) is 1.46. The molecule has 0 bridgehead atoms. The Morgan fingerprint density at radius 2 is 2.05 bits per heavy atom. The highest BCUT2D eigenvalue weighted by Gasteiger charge is 2.05. The molecule has 0 saturated carbocycles. The lowest BCUT2D eigenvalue weighted by Gasteiger charge is -2.11. The Hall–Kier alpha value is -0.890. The van der Waals surface area contributed by atoms with E-state index in [9.17, 15) is 0 Å². The molecule has 0 radical (unpaired) electrons. The molecule has 0 aliphatic rings. The molecule has 1 nitrogen and oxygen atoms in total. The Kier molecular flexibility index (Phi) is 8.70. The van der Waals surface area contributed by atoms with Crippen LogP contribution in [0.3, 0.4) is 0 Å². The van der Waals surface area contributed by atoms with Crippen LogP contribution in [0.1, 0.15) is 77.4 Å². The third kappa shape index (κ3) is 7.40. The van der Waals surface area contributed by atoms with Crippen molar-refractivity contribution in [2.45, 2.75) is 73.6 Å². The summed E-state index contributed by atoms with van der Waals surface area (Å²) in [7, 11) is 0. The summed E-state index contributed by atoms with van der Waals surface area (Å²) in [6.45, 7) is 13.5. The molecule has 2 heteroatoms. The molecule has 2 atom stereocenters. The molecule has 0 fully saturated rings. The normalized spacial score (nSPS) is 15.9. The SMILES string of the molecule is CC[C@@H](C)CCC/C(C)=C\C[C@H](C)/C(C)=C/c1csc(C)n1. The summed E-state index contributed by atoms with van der Waals surface area (Å²) in [5.41, 5.74) is 4.09. The third-order valence-corrected chi connectivity index (χ3v) is 5.37. The molecule has 0 unspecified atom stereocenters. The average Bonchev–Trinajstić information content (AvgIpc) is 2.89. The number of thiazole rings is 1. The summed E-state index contributed by atoms with van der Waals surface area (Å²) in [4.78, 5) is 4.52. The predicted octanol–water partition coefficient (Wildman–Crippen LogP) is 7.04. The zero-order valence-corrected chi connectivity index (χ0v) is 16.1. The first-order chi connectivity index (χ1) is 10.4. The highest BCUT2D eigenvalue weighted by molar-refractivity contribution is 7.09. The molecular weight excluding hydrogens is 286 g/mol. The lowest BCUT2D eigenvalue weighted by Crippen LogP contribution is -1.96. The Bertz CT molecular complexity index is 496. The molecule has 1 aromatic rings. The van der Waals surface area contributed by atoms with E-state index in [-0.39, 0.29) is 0 Å². The van der Waals surface area contributed by atoms with Crippen LogP contribution >= 0.6 is 11.3 Å². The fraction of sp³-hybridized carbons (Fsp3) is 0.650. The number of aromatic nitrogens is 1. The highest BCUT2D eigenvalue weighted by atomic mass is 32.1. The van der Waals surface area contributed by atoms with Crippen molar-refractivity contribution in [2.75, 3.05) is 0 Å². The van der Waals surface area contributed by atoms with Gasteiger partial charge in [0, 0.05) is 5.38 Å². The summed E-state index contributed by atoms with van der Waals surface area (Å²) in [6.07, 6.45) is 11.1. The third-order valence-electron chi connectivity index (χ3n) is 4.57. The summed E-state index contributed by atoms with van der Waals surface area (Å²) in [6, 6.07) is 0. The van der Waals surface area contributed by atoms with E-state index < -0.39 is 0 Å². The van der Waals surface area contributed by atoms with Gasteiger partial charge < -0.3 is 0 Å². The van der Waals surface area contributed by atoms with Crippen LogP contribution in [0.4, 0.5) is 0 Å². The molecule has 1 heterocycles. The van der Waals surface area contributed by atoms with Gasteiger partial charge in [-0.1, -0.05) is 50.8 Å². The van der Waals surface area contributed by atoms with Crippen LogP contribution in [0.2, 0.25) is 0 Å². The summed E-state index contributed by atoms with van der Waals surface area (Å²) in [5, 5.41) is 3.28. The van der Waals surface area contributed by atoms with Crippen LogP contribution in [-0.4, -0.2) is 4.98 Å². The van der Waals surface area contributed by atoms with E-state index in [2.05, 4.69) is 64.1 Å². The first-order valence-electron chi connectivity index (χ1n) is 8.68. The van der Waals surface area contributed by atoms with Crippen LogP contribution < -0.4 is 0 Å². The predicted molar refractivity (Wildman–Crippen MR) is 101 cm³/mol. The number of nitrogens with zero attached hydrogens (tertiary/aromatic N) is 1. The minimum Gasteiger partial charge on any atom is -0.242 e. The van der Waals surface area contributed by atoms with Crippen molar-refractivity contribution in [1.29, 1.82) is 0 Å². The van der Waals surface area contributed by atoms with Crippen LogP contribution in [0.25, 0.3) is 6.08 Å². The van der Waals surface area contributed by atoms with Crippen molar-refractivity contribution in [2.24, 2.45) is 11.8 Å². The van der Waals surface area contributed by atoms with Gasteiger partial charge in [0.1, 0.15) is 0 Å². The number of hydrogen-bond donors (Lipinski definition) is 0. The molecule has 0 aliphatic heterocycles. The second-order valence-electron chi connectivity index (χ2n) is 6.77. The van der Waals surface area contributed by atoms with Gasteiger partial charge >= 0.3 is 0 Å². The monoisotopic (exact) mass is 319 g/mol. The summed E-state index contributed by atoms with van der Waals surface area (Å²) >= 11 is 1.72. The van der Waals surface area contributed by atoms with Crippen molar-refractivity contribution in [3.8, 4) is 0 Å². The Balaban J connectivity index is 2.41. The van der Waals surface area contributed by atoms with Crippen LogP contribution in [-0.2, 0) is 0 Å². The lowest BCUT2D eigenvalue weighted by atomic mass is 9.95. The topological polar surface area (TPSA) is 12.9 Å². The molecule has 124 valence electrons. The Morgan fingerprint density at radius 3 is 2.64 bits per heavy atom. The Labute approximate surface area is 141 Å². The first-order valence-corrected chi connectivity index (χ1v) is 9.56. The number of allylic oxidation sites excluding steroid dienone is 3. The van der Waals surface area contributed by atoms with E-state index in [0.29, 0.717) is 5.92 Å². The average molecular weight is 320 g/mol. The van der Waals surface area contributed by atoms with E-state index in [4.69, 9.17) is 0 Å². The van der Waals surface area contributed by atoms with E-state index in [0.717, 1.165) is 23.0 Å². The van der Waals surface area contributed by atoms with Gasteiger partial charge in [-0.3, -0.25) is 0 Å². The molecule has 1 rings (SSSR count). The standard InChI is InChI=1S/C20H33NS/c1-7-15(2)9-8-10-16(3)11-12-17(4)18(5)13-20-14-22-19(6)21-20/h11,13-15,17H,7-10,12H2,1-6H3/b16-11-,18-13+/t15-,17+/m1/s1. The largest absolute Gasteiger partial charge is 0.242 e. The van der Waals surface area contributed by atoms with E-state index in [1.54, 1.807) is 16.9 Å². The molecule has 0 aromatic carbocycles. The highest BCUT2D eigenvalue weighted by Crippen LogP contribution is 2.21. The maximum absolute atomic E-state index is 4.52. The second-order valence-corrected chi connectivity index (χ2v) is 7.83. The van der Waals surface area contributed by atoms with Gasteiger partial charge in [-0.05, 0) is 57.9 Å². The van der Waals surface area contributed by atoms with Gasteiger partial charge in [-0.15, -0.1) is 11.3 Å². The van der Waals surface area contributed by atoms with Gasteiger partial charge in [0.25, 0.3) is 0 Å². The maximum Gasteiger partial charge on any atom is 0.0901 e. The van der Waals surface area contributed by atoms with E-state index >= 15 is 0 Å². The maximum atomic E-state index is 4.52. The zero-order chi connectivity index (χ0) is 16.5. The van der Waals surface area contributed by atoms with Gasteiger partial charge in [-0.2, -0.15) is 0 Å². The molecule has 0 saturated heterocycles. The number of hydrogen-bond acceptors (Lipinski definition) is 2. The van der Waals surface area contributed by atoms with E-state index in [1.807, 2.05) is 0 Å². The van der Waals surface area contributed by atoms with Gasteiger partial charge in [0.2, 0.25) is 0 Å². The van der Waals surface area contributed by atoms with Crippen molar-refractivity contribution < 1.29 is 0 Å². The molecule has 0 spiro atoms. The minimum atomic E-state index is 0.589. The van der Waals surface area contributed by atoms with Crippen molar-refractivity contribution >= 4 is 17.4 Å². The first kappa shape index (κ1) is 19.2. The smallest absolute Gasteiger partial charge is 0.0901 e. The minimum absolute atomic E-state index is 0.589. The molecule has 22 heavy (non-hydrogen) atoms.